The maximum atomic E-state index is 9.56. The molecule has 0 bridgehead atoms. The molecule has 4 atom stereocenters. The minimum absolute atomic E-state index is 0.209. The van der Waals surface area contributed by atoms with Crippen LogP contribution in [-0.2, 0) is 4.74 Å². The molecular weight excluding hydrogens is 202 g/mol. The number of hydrogen-bond donors (Lipinski definition) is 5. The van der Waals surface area contributed by atoms with E-state index in [4.69, 9.17) is 9.84 Å². The van der Waals surface area contributed by atoms with Crippen LogP contribution >= 0.6 is 0 Å². The van der Waals surface area contributed by atoms with Gasteiger partial charge in [0.25, 0.3) is 0 Å². The quantitative estimate of drug-likeness (QED) is 0.369. The normalized spacial score (nSPS) is 41.4. The van der Waals surface area contributed by atoms with Crippen molar-refractivity contribution < 1.29 is 25.2 Å². The largest absolute Gasteiger partial charge is 0.391 e. The molecule has 0 aromatic heterocycles. The van der Waals surface area contributed by atoms with Crippen LogP contribution in [0, 0.1) is 0 Å². The zero-order chi connectivity index (χ0) is 11.6. The fourth-order valence-corrected chi connectivity index (χ4v) is 1.52. The van der Waals surface area contributed by atoms with E-state index in [-0.39, 0.29) is 6.04 Å². The van der Waals surface area contributed by atoms with E-state index in [0.717, 1.165) is 0 Å². The highest BCUT2D eigenvalue weighted by Crippen LogP contribution is 2.28. The second-order valence-electron chi connectivity index (χ2n) is 4.16. The minimum Gasteiger partial charge on any atom is -0.391 e. The van der Waals surface area contributed by atoms with Crippen molar-refractivity contribution >= 4 is 0 Å². The fraction of sp³-hybridized carbons (Fsp3) is 1.00. The Bertz CT molecular complexity index is 213. The van der Waals surface area contributed by atoms with E-state index in [9.17, 15) is 15.3 Å². The molecular formula is C9H19NO5. The van der Waals surface area contributed by atoms with Gasteiger partial charge in [0, 0.05) is 12.6 Å². The van der Waals surface area contributed by atoms with Gasteiger partial charge >= 0.3 is 0 Å². The molecule has 6 nitrogen and oxygen atoms in total. The Morgan fingerprint density at radius 1 is 1.40 bits per heavy atom. The Hall–Kier alpha value is -0.240. The molecule has 0 aliphatic carbocycles. The highest BCUT2D eigenvalue weighted by Gasteiger charge is 2.52. The van der Waals surface area contributed by atoms with Crippen LogP contribution < -0.4 is 5.32 Å². The first-order valence-electron chi connectivity index (χ1n) is 5.01. The van der Waals surface area contributed by atoms with Crippen molar-refractivity contribution in [2.75, 3.05) is 13.2 Å². The summed E-state index contributed by atoms with van der Waals surface area (Å²) in [6.45, 7) is 3.41. The predicted octanol–water partition coefficient (Wildman–Crippen LogP) is -2.21. The Kier molecular flexibility index (Phi) is 4.05. The van der Waals surface area contributed by atoms with Gasteiger partial charge in [-0.3, -0.25) is 0 Å². The van der Waals surface area contributed by atoms with Crippen molar-refractivity contribution in [3.05, 3.63) is 0 Å². The summed E-state index contributed by atoms with van der Waals surface area (Å²) in [5, 5.41) is 40.4. The second kappa shape index (κ2) is 4.73. The topological polar surface area (TPSA) is 102 Å². The molecule has 0 unspecified atom stereocenters. The van der Waals surface area contributed by atoms with Gasteiger partial charge in [-0.25, -0.2) is 0 Å². The number of ether oxygens (including phenoxy) is 1. The number of rotatable bonds is 4. The molecule has 1 fully saturated rings. The molecule has 5 N–H and O–H groups in total. The summed E-state index contributed by atoms with van der Waals surface area (Å²) in [7, 11) is 0. The third-order valence-electron chi connectivity index (χ3n) is 2.48. The van der Waals surface area contributed by atoms with Crippen LogP contribution in [0.1, 0.15) is 13.8 Å². The number of aliphatic hydroxyl groups is 4. The maximum Gasteiger partial charge on any atom is 0.219 e. The number of hydrogen-bond acceptors (Lipinski definition) is 6. The third-order valence-corrected chi connectivity index (χ3v) is 2.48. The lowest BCUT2D eigenvalue weighted by atomic mass is 10.1. The van der Waals surface area contributed by atoms with Crippen LogP contribution in [0.5, 0.6) is 0 Å². The summed E-state index contributed by atoms with van der Waals surface area (Å²) in [5.74, 6) is -2.05. The van der Waals surface area contributed by atoms with Crippen LogP contribution in [0.25, 0.3) is 0 Å². The van der Waals surface area contributed by atoms with Crippen molar-refractivity contribution in [1.82, 2.24) is 5.32 Å². The van der Waals surface area contributed by atoms with E-state index in [2.05, 4.69) is 5.32 Å². The number of nitrogens with one attached hydrogen (secondary N) is 1. The van der Waals surface area contributed by atoms with E-state index in [0.29, 0.717) is 6.54 Å². The summed E-state index contributed by atoms with van der Waals surface area (Å²) in [5.41, 5.74) is 0. The van der Waals surface area contributed by atoms with E-state index in [1.54, 1.807) is 0 Å². The van der Waals surface area contributed by atoms with Crippen LogP contribution in [0.15, 0.2) is 0 Å². The Balaban J connectivity index is 2.55. The summed E-state index contributed by atoms with van der Waals surface area (Å²) in [6.07, 6.45) is -3.41. The molecule has 1 aliphatic heterocycles. The average Bonchev–Trinajstić information content (AvgIpc) is 2.41. The van der Waals surface area contributed by atoms with Gasteiger partial charge in [-0.2, -0.15) is 0 Å². The molecule has 1 aliphatic rings. The van der Waals surface area contributed by atoms with Crippen LogP contribution in [0.3, 0.4) is 0 Å². The molecule has 0 amide bonds. The summed E-state index contributed by atoms with van der Waals surface area (Å²) in [4.78, 5) is 0. The van der Waals surface area contributed by atoms with Gasteiger partial charge in [0.1, 0.15) is 18.3 Å². The highest BCUT2D eigenvalue weighted by molar-refractivity contribution is 4.96. The van der Waals surface area contributed by atoms with Crippen LogP contribution in [0.4, 0.5) is 0 Å². The van der Waals surface area contributed by atoms with E-state index in [1.807, 2.05) is 13.8 Å². The molecule has 0 spiro atoms. The molecule has 1 saturated heterocycles. The van der Waals surface area contributed by atoms with Crippen LogP contribution in [0.2, 0.25) is 0 Å². The molecule has 1 heterocycles. The lowest BCUT2D eigenvalue weighted by Gasteiger charge is -2.23. The second-order valence-corrected chi connectivity index (χ2v) is 4.16. The van der Waals surface area contributed by atoms with Gasteiger partial charge in [-0.1, -0.05) is 13.8 Å². The third kappa shape index (κ3) is 2.66. The zero-order valence-electron chi connectivity index (χ0n) is 8.92. The molecule has 1 rings (SSSR count). The van der Waals surface area contributed by atoms with Gasteiger partial charge in [-0.15, -0.1) is 0 Å². The van der Waals surface area contributed by atoms with Crippen LogP contribution in [-0.4, -0.2) is 63.7 Å². The Labute approximate surface area is 88.5 Å². The SMILES string of the molecule is CC(C)NC[C@H]1O[C@@](O)(CO)[C@H](O)[C@H]1O. The molecule has 15 heavy (non-hydrogen) atoms. The maximum absolute atomic E-state index is 9.56. The van der Waals surface area contributed by atoms with Crippen molar-refractivity contribution in [1.29, 1.82) is 0 Å². The zero-order valence-corrected chi connectivity index (χ0v) is 8.92. The predicted molar refractivity (Wildman–Crippen MR) is 52.1 cm³/mol. The smallest absolute Gasteiger partial charge is 0.219 e. The Morgan fingerprint density at radius 2 is 2.00 bits per heavy atom. The molecule has 0 aromatic carbocycles. The molecule has 0 aromatic rings. The fourth-order valence-electron chi connectivity index (χ4n) is 1.52. The standard InChI is InChI=1S/C9H19NO5/c1-5(2)10-3-6-7(12)8(13)9(14,4-11)15-6/h5-8,10-14H,3-4H2,1-2H3/t6-,7+,8-,9+/m1/s1. The van der Waals surface area contributed by atoms with Crippen molar-refractivity contribution in [3.63, 3.8) is 0 Å². The molecule has 0 radical (unpaired) electrons. The molecule has 0 saturated carbocycles. The monoisotopic (exact) mass is 221 g/mol. The first kappa shape index (κ1) is 12.8. The van der Waals surface area contributed by atoms with Gasteiger partial charge in [0.15, 0.2) is 0 Å². The number of aliphatic hydroxyl groups excluding tert-OH is 3. The lowest BCUT2D eigenvalue weighted by molar-refractivity contribution is -0.245. The molecule has 90 valence electrons. The van der Waals surface area contributed by atoms with Gasteiger partial charge < -0.3 is 30.5 Å². The summed E-state index contributed by atoms with van der Waals surface area (Å²) in [6, 6.07) is 0.209. The first-order chi connectivity index (χ1) is 6.90. The summed E-state index contributed by atoms with van der Waals surface area (Å²) >= 11 is 0. The van der Waals surface area contributed by atoms with E-state index >= 15 is 0 Å². The lowest BCUT2D eigenvalue weighted by Crippen LogP contribution is -2.46. The molecule has 6 heteroatoms. The van der Waals surface area contributed by atoms with Gasteiger partial charge in [0.05, 0.1) is 6.61 Å². The summed E-state index contributed by atoms with van der Waals surface area (Å²) < 4.78 is 5.02. The van der Waals surface area contributed by atoms with E-state index in [1.165, 1.54) is 0 Å². The Morgan fingerprint density at radius 3 is 2.40 bits per heavy atom. The first-order valence-corrected chi connectivity index (χ1v) is 5.01. The highest BCUT2D eigenvalue weighted by atomic mass is 16.7. The average molecular weight is 221 g/mol. The van der Waals surface area contributed by atoms with E-state index < -0.39 is 30.7 Å². The minimum atomic E-state index is -2.05. The van der Waals surface area contributed by atoms with Crippen molar-refractivity contribution in [2.45, 2.75) is 44.0 Å². The van der Waals surface area contributed by atoms with Crippen molar-refractivity contribution in [2.24, 2.45) is 0 Å². The van der Waals surface area contributed by atoms with Gasteiger partial charge in [0.2, 0.25) is 5.79 Å². The van der Waals surface area contributed by atoms with Gasteiger partial charge in [-0.05, 0) is 0 Å². The van der Waals surface area contributed by atoms with Crippen molar-refractivity contribution in [3.8, 4) is 0 Å².